The van der Waals surface area contributed by atoms with E-state index in [-0.39, 0.29) is 42.7 Å². The number of halogens is 2. The van der Waals surface area contributed by atoms with Gasteiger partial charge in [0.1, 0.15) is 23.3 Å². The predicted molar refractivity (Wildman–Crippen MR) is 192 cm³/mol. The van der Waals surface area contributed by atoms with E-state index in [0.29, 0.717) is 33.5 Å². The second kappa shape index (κ2) is 14.5. The number of sulfone groups is 1. The number of anilines is 1. The van der Waals surface area contributed by atoms with Crippen molar-refractivity contribution in [1.29, 1.82) is 0 Å². The number of carbonyl (C=O) groups excluding carboxylic acids is 1. The number of likely N-dealkylation sites (tertiary alicyclic amines) is 1. The van der Waals surface area contributed by atoms with Crippen LogP contribution < -0.4 is 10.1 Å². The number of nitrogens with one attached hydrogen (secondary N) is 1. The van der Waals surface area contributed by atoms with E-state index in [0.717, 1.165) is 10.6 Å². The normalized spacial score (nSPS) is 16.6. The van der Waals surface area contributed by atoms with E-state index in [2.05, 4.69) is 25.3 Å². The summed E-state index contributed by atoms with van der Waals surface area (Å²) < 4.78 is 68.3. The van der Waals surface area contributed by atoms with Crippen LogP contribution in [-0.4, -0.2) is 70.3 Å². The number of amides is 1. The molecule has 0 bridgehead atoms. The van der Waals surface area contributed by atoms with E-state index >= 15 is 4.39 Å². The molecule has 4 heterocycles. The Morgan fingerprint density at radius 1 is 1.02 bits per heavy atom. The second-order valence-corrected chi connectivity index (χ2v) is 16.6. The Hall–Kier alpha value is -4.76. The molecule has 3 aromatic heterocycles. The van der Waals surface area contributed by atoms with Gasteiger partial charge in [0.25, 0.3) is 0 Å². The van der Waals surface area contributed by atoms with Crippen molar-refractivity contribution in [3.05, 3.63) is 87.9 Å². The second-order valence-electron chi connectivity index (χ2n) is 13.5. The van der Waals surface area contributed by atoms with Gasteiger partial charge in [-0.05, 0) is 75.9 Å². The summed E-state index contributed by atoms with van der Waals surface area (Å²) in [4.78, 5) is 31.7. The number of benzene rings is 2. The highest BCUT2D eigenvalue weighted by molar-refractivity contribution is 7.89. The van der Waals surface area contributed by atoms with Gasteiger partial charge in [-0.25, -0.2) is 41.9 Å². The quantitative estimate of drug-likeness (QED) is 0.161. The maximum Gasteiger partial charge on any atom is 0.410 e. The molecule has 15 heteroatoms. The monoisotopic (exact) mass is 736 g/mol. The fourth-order valence-corrected chi connectivity index (χ4v) is 8.07. The number of carbonyl (C=O) groups is 1. The van der Waals surface area contributed by atoms with Gasteiger partial charge in [0.15, 0.2) is 9.84 Å². The van der Waals surface area contributed by atoms with E-state index in [1.807, 2.05) is 6.92 Å². The van der Waals surface area contributed by atoms with Gasteiger partial charge in [-0.2, -0.15) is 0 Å². The average Bonchev–Trinajstić information content (AvgIpc) is 3.46. The number of nitrogens with zero attached hydrogens (tertiary/aromatic N) is 5. The van der Waals surface area contributed by atoms with Gasteiger partial charge in [-0.15, -0.1) is 11.3 Å². The van der Waals surface area contributed by atoms with Gasteiger partial charge >= 0.3 is 6.09 Å². The molecule has 1 N–H and O–H groups in total. The number of hydrogen-bond acceptors (Lipinski definition) is 11. The smallest absolute Gasteiger partial charge is 0.410 e. The first-order valence-electron chi connectivity index (χ1n) is 16.3. The molecule has 1 aliphatic heterocycles. The summed E-state index contributed by atoms with van der Waals surface area (Å²) in [5.74, 6) is -0.644. The zero-order valence-electron chi connectivity index (χ0n) is 28.8. The number of hydrogen-bond donors (Lipinski definition) is 1. The molecule has 1 saturated heterocycles. The molecule has 1 aliphatic rings. The van der Waals surface area contributed by atoms with Crippen LogP contribution >= 0.6 is 11.3 Å². The number of rotatable bonds is 9. The standard InChI is InChI=1S/C36H38F2N6O5S2/c1-21-8-9-26-27(10-11-30(38)29(26)20-51(46,47)19-25-18-50-22(2)41-25)32(21)48-33-28(7-6-13-39-33)31-12-14-40-34(43-31)42-24-15-23(37)16-44(17-24)35(45)49-36(3,4)5/h6-14,18,23-24H,15-17,19-20H2,1-5H3,(H,40,42,43). The van der Waals surface area contributed by atoms with Crippen molar-refractivity contribution in [2.75, 3.05) is 18.4 Å². The summed E-state index contributed by atoms with van der Waals surface area (Å²) in [5, 5.41) is 6.52. The Labute approximate surface area is 299 Å². The van der Waals surface area contributed by atoms with Crippen molar-refractivity contribution in [2.24, 2.45) is 0 Å². The molecule has 1 amide bonds. The number of alkyl halides is 1. The molecule has 2 atom stereocenters. The molecule has 51 heavy (non-hydrogen) atoms. The van der Waals surface area contributed by atoms with Gasteiger partial charge in [0.2, 0.25) is 11.8 Å². The van der Waals surface area contributed by atoms with E-state index < -0.39 is 45.3 Å². The van der Waals surface area contributed by atoms with E-state index in [1.54, 1.807) is 81.9 Å². The number of ether oxygens (including phenoxy) is 2. The van der Waals surface area contributed by atoms with Crippen LogP contribution in [0, 0.1) is 19.7 Å². The largest absolute Gasteiger partial charge is 0.444 e. The third-order valence-corrected chi connectivity index (χ3v) is 10.4. The first kappa shape index (κ1) is 36.0. The van der Waals surface area contributed by atoms with Gasteiger partial charge in [-0.3, -0.25) is 0 Å². The van der Waals surface area contributed by atoms with E-state index in [9.17, 15) is 17.6 Å². The zero-order chi connectivity index (χ0) is 36.5. The van der Waals surface area contributed by atoms with Crippen LogP contribution in [0.1, 0.15) is 49.0 Å². The third kappa shape index (κ3) is 8.76. The molecular formula is C36H38F2N6O5S2. The fourth-order valence-electron chi connectivity index (χ4n) is 5.92. The van der Waals surface area contributed by atoms with Crippen LogP contribution in [-0.2, 0) is 26.1 Å². The summed E-state index contributed by atoms with van der Waals surface area (Å²) in [6.07, 6.45) is 1.42. The Bertz CT molecular complexity index is 2190. The molecular weight excluding hydrogens is 699 g/mol. The van der Waals surface area contributed by atoms with Crippen molar-refractivity contribution < 1.29 is 31.5 Å². The van der Waals surface area contributed by atoms with E-state index in [1.165, 1.54) is 22.3 Å². The molecule has 6 rings (SSSR count). The topological polar surface area (TPSA) is 136 Å². The number of thiazole rings is 1. The lowest BCUT2D eigenvalue weighted by molar-refractivity contribution is 0.0124. The van der Waals surface area contributed by atoms with Crippen LogP contribution in [0.15, 0.2) is 60.2 Å². The molecule has 0 aliphatic carbocycles. The number of fused-ring (bicyclic) bond motifs is 1. The van der Waals surface area contributed by atoms with Gasteiger partial charge in [-0.1, -0.05) is 12.1 Å². The van der Waals surface area contributed by atoms with Gasteiger partial charge in [0.05, 0.1) is 40.0 Å². The first-order chi connectivity index (χ1) is 24.1. The maximum absolute atomic E-state index is 15.3. The molecule has 2 unspecified atom stereocenters. The molecule has 0 saturated carbocycles. The molecule has 2 aromatic carbocycles. The Kier molecular flexibility index (Phi) is 10.2. The highest BCUT2D eigenvalue weighted by Crippen LogP contribution is 2.38. The Morgan fingerprint density at radius 2 is 1.80 bits per heavy atom. The number of aromatic nitrogens is 4. The molecule has 11 nitrogen and oxygen atoms in total. The molecule has 5 aromatic rings. The van der Waals surface area contributed by atoms with Gasteiger partial charge < -0.3 is 19.7 Å². The molecule has 0 spiro atoms. The predicted octanol–water partition coefficient (Wildman–Crippen LogP) is 7.57. The highest BCUT2D eigenvalue weighted by Gasteiger charge is 2.33. The summed E-state index contributed by atoms with van der Waals surface area (Å²) in [6.45, 7) is 9.04. The zero-order valence-corrected chi connectivity index (χ0v) is 30.4. The van der Waals surface area contributed by atoms with Crippen molar-refractivity contribution in [2.45, 2.75) is 70.4 Å². The molecule has 0 radical (unpaired) electrons. The summed E-state index contributed by atoms with van der Waals surface area (Å²) in [7, 11) is -3.76. The number of pyridine rings is 1. The minimum absolute atomic E-state index is 0.0422. The first-order valence-corrected chi connectivity index (χ1v) is 19.0. The lowest BCUT2D eigenvalue weighted by atomic mass is 10.0. The fraction of sp³-hybridized carbons (Fsp3) is 0.361. The SMILES string of the molecule is Cc1nc(CS(=O)(=O)Cc2c(F)ccc3c(Oc4ncccc4-c4ccnc(NC5CC(F)CN(C(=O)OC(C)(C)C)C5)n4)c(C)ccc23)cs1. The van der Waals surface area contributed by atoms with E-state index in [4.69, 9.17) is 9.47 Å². The average molecular weight is 737 g/mol. The molecule has 268 valence electrons. The highest BCUT2D eigenvalue weighted by atomic mass is 32.2. The minimum Gasteiger partial charge on any atom is -0.444 e. The van der Waals surface area contributed by atoms with Crippen LogP contribution in [0.3, 0.4) is 0 Å². The van der Waals surface area contributed by atoms with Crippen molar-refractivity contribution in [3.8, 4) is 22.9 Å². The Balaban J connectivity index is 1.26. The van der Waals surface area contributed by atoms with Crippen molar-refractivity contribution >= 4 is 44.0 Å². The summed E-state index contributed by atoms with van der Waals surface area (Å²) in [5.41, 5.74) is 1.45. The van der Waals surface area contributed by atoms with Crippen LogP contribution in [0.5, 0.6) is 11.6 Å². The maximum atomic E-state index is 15.3. The Morgan fingerprint density at radius 3 is 2.55 bits per heavy atom. The number of piperidine rings is 1. The summed E-state index contributed by atoms with van der Waals surface area (Å²) >= 11 is 1.36. The minimum atomic E-state index is -3.76. The summed E-state index contributed by atoms with van der Waals surface area (Å²) in [6, 6.07) is 10.9. The van der Waals surface area contributed by atoms with Crippen molar-refractivity contribution in [1.82, 2.24) is 24.8 Å². The van der Waals surface area contributed by atoms with Crippen LogP contribution in [0.25, 0.3) is 22.0 Å². The lowest BCUT2D eigenvalue weighted by Crippen LogP contribution is -2.51. The van der Waals surface area contributed by atoms with Gasteiger partial charge in [0, 0.05) is 47.7 Å². The number of aryl methyl sites for hydroxylation is 2. The third-order valence-electron chi connectivity index (χ3n) is 8.09. The lowest BCUT2D eigenvalue weighted by Gasteiger charge is -2.36. The van der Waals surface area contributed by atoms with Crippen LogP contribution in [0.2, 0.25) is 0 Å². The van der Waals surface area contributed by atoms with Crippen molar-refractivity contribution in [3.63, 3.8) is 0 Å². The molecule has 1 fully saturated rings. The van der Waals surface area contributed by atoms with Crippen LogP contribution in [0.4, 0.5) is 19.5 Å².